The molecule has 154 valence electrons. The number of carbonyl (C=O) groups is 1. The van der Waals surface area contributed by atoms with E-state index in [1.165, 1.54) is 41.5 Å². The number of piperidine rings is 1. The van der Waals surface area contributed by atoms with Crippen molar-refractivity contribution in [2.24, 2.45) is 0 Å². The Balaban J connectivity index is 1.32. The molecule has 1 heterocycles. The number of nitrogens with zero attached hydrogens (tertiary/aromatic N) is 1. The molecule has 0 bridgehead atoms. The van der Waals surface area contributed by atoms with Crippen LogP contribution in [0.15, 0.2) is 42.5 Å². The normalized spacial score (nSPS) is 17.7. The number of aliphatic hydroxyl groups is 1. The third-order valence-corrected chi connectivity index (χ3v) is 6.32. The highest BCUT2D eigenvalue weighted by Crippen LogP contribution is 2.22. The molecular formula is C25H32N2O2. The first-order chi connectivity index (χ1) is 14.2. The molecule has 1 saturated heterocycles. The molecule has 0 aromatic heterocycles. The molecular weight excluding hydrogens is 360 g/mol. The van der Waals surface area contributed by atoms with Crippen molar-refractivity contribution in [1.29, 1.82) is 0 Å². The Bertz CT molecular complexity index is 840. The highest BCUT2D eigenvalue weighted by Gasteiger charge is 2.18. The number of benzene rings is 2. The molecule has 1 fully saturated rings. The van der Waals surface area contributed by atoms with Crippen LogP contribution in [0.5, 0.6) is 0 Å². The molecule has 0 saturated carbocycles. The Kier molecular flexibility index (Phi) is 6.63. The van der Waals surface area contributed by atoms with Gasteiger partial charge < -0.3 is 10.4 Å². The number of likely N-dealkylation sites (tertiary alicyclic amines) is 1. The van der Waals surface area contributed by atoms with E-state index in [1.807, 2.05) is 6.07 Å². The molecule has 4 rings (SSSR count). The lowest BCUT2D eigenvalue weighted by molar-refractivity contribution is -0.120. The Morgan fingerprint density at radius 3 is 2.52 bits per heavy atom. The van der Waals surface area contributed by atoms with Gasteiger partial charge in [0.15, 0.2) is 0 Å². The zero-order chi connectivity index (χ0) is 20.1. The monoisotopic (exact) mass is 392 g/mol. The number of carbonyl (C=O) groups excluding carboxylic acids is 1. The van der Waals surface area contributed by atoms with Gasteiger partial charge in [-0.25, -0.2) is 0 Å². The van der Waals surface area contributed by atoms with Crippen molar-refractivity contribution in [3.8, 4) is 0 Å². The number of aryl methyl sites for hydroxylation is 2. The minimum atomic E-state index is -0.149. The largest absolute Gasteiger partial charge is 0.393 e. The van der Waals surface area contributed by atoms with Gasteiger partial charge in [-0.15, -0.1) is 0 Å². The summed E-state index contributed by atoms with van der Waals surface area (Å²) in [5.74, 6) is 0.0802. The second-order valence-electron chi connectivity index (χ2n) is 8.54. The van der Waals surface area contributed by atoms with E-state index in [1.54, 1.807) is 0 Å². The van der Waals surface area contributed by atoms with Crippen LogP contribution in [0.2, 0.25) is 0 Å². The molecule has 2 aliphatic rings. The summed E-state index contributed by atoms with van der Waals surface area (Å²) in [6.07, 6.45) is 6.85. The number of nitrogens with one attached hydrogen (secondary N) is 1. The van der Waals surface area contributed by atoms with Gasteiger partial charge in [0, 0.05) is 26.2 Å². The van der Waals surface area contributed by atoms with Crippen LogP contribution >= 0.6 is 0 Å². The number of rotatable bonds is 6. The van der Waals surface area contributed by atoms with Crippen molar-refractivity contribution < 1.29 is 9.90 Å². The second-order valence-corrected chi connectivity index (χ2v) is 8.54. The molecule has 1 aliphatic carbocycles. The van der Waals surface area contributed by atoms with Gasteiger partial charge in [0.25, 0.3) is 0 Å². The number of fused-ring (bicyclic) bond motifs is 1. The van der Waals surface area contributed by atoms with Crippen molar-refractivity contribution in [1.82, 2.24) is 10.2 Å². The summed E-state index contributed by atoms with van der Waals surface area (Å²) in [5, 5.41) is 12.8. The maximum Gasteiger partial charge on any atom is 0.224 e. The highest BCUT2D eigenvalue weighted by atomic mass is 16.3. The van der Waals surface area contributed by atoms with Crippen LogP contribution in [0.1, 0.15) is 53.5 Å². The quantitative estimate of drug-likeness (QED) is 0.792. The van der Waals surface area contributed by atoms with Crippen LogP contribution < -0.4 is 5.32 Å². The molecule has 0 unspecified atom stereocenters. The van der Waals surface area contributed by atoms with Crippen molar-refractivity contribution in [2.45, 2.75) is 64.1 Å². The van der Waals surface area contributed by atoms with E-state index in [-0.39, 0.29) is 12.0 Å². The van der Waals surface area contributed by atoms with Crippen LogP contribution in [0, 0.1) is 0 Å². The molecule has 2 N–H and O–H groups in total. The second kappa shape index (κ2) is 9.55. The Morgan fingerprint density at radius 2 is 1.72 bits per heavy atom. The maximum atomic E-state index is 12.5. The molecule has 1 amide bonds. The smallest absolute Gasteiger partial charge is 0.224 e. The van der Waals surface area contributed by atoms with E-state index in [0.29, 0.717) is 13.0 Å². The van der Waals surface area contributed by atoms with E-state index in [4.69, 9.17) is 0 Å². The lowest BCUT2D eigenvalue weighted by atomic mass is 9.90. The van der Waals surface area contributed by atoms with Gasteiger partial charge in [0.05, 0.1) is 12.5 Å². The van der Waals surface area contributed by atoms with Gasteiger partial charge in [-0.2, -0.15) is 0 Å². The fourth-order valence-corrected chi connectivity index (χ4v) is 4.54. The Hall–Kier alpha value is -2.17. The third-order valence-electron chi connectivity index (χ3n) is 6.32. The lowest BCUT2D eigenvalue weighted by Crippen LogP contribution is -2.35. The Morgan fingerprint density at radius 1 is 1.00 bits per heavy atom. The third kappa shape index (κ3) is 5.46. The molecule has 2 aromatic rings. The van der Waals surface area contributed by atoms with Gasteiger partial charge in [-0.05, 0) is 66.3 Å². The standard InChI is InChI=1S/C25H32N2O2/c28-24-11-13-27(14-12-24)18-23-8-4-3-7-22(23)17-26-25(29)16-19-9-10-20-5-1-2-6-21(20)15-19/h3-4,7-10,15,24,28H,1-2,5-6,11-14,16-18H2,(H,26,29). The summed E-state index contributed by atoms with van der Waals surface area (Å²) in [5.41, 5.74) is 6.44. The predicted octanol–water partition coefficient (Wildman–Crippen LogP) is 3.38. The topological polar surface area (TPSA) is 52.6 Å². The number of hydrogen-bond acceptors (Lipinski definition) is 3. The molecule has 29 heavy (non-hydrogen) atoms. The van der Waals surface area contributed by atoms with Gasteiger partial charge in [0.1, 0.15) is 0 Å². The van der Waals surface area contributed by atoms with E-state index in [0.717, 1.165) is 44.5 Å². The van der Waals surface area contributed by atoms with Crippen LogP contribution in [-0.4, -0.2) is 35.1 Å². The average Bonchev–Trinajstić information content (AvgIpc) is 2.75. The van der Waals surface area contributed by atoms with Crippen molar-refractivity contribution in [3.63, 3.8) is 0 Å². The number of aliphatic hydroxyl groups excluding tert-OH is 1. The maximum absolute atomic E-state index is 12.5. The fraction of sp³-hybridized carbons (Fsp3) is 0.480. The summed E-state index contributed by atoms with van der Waals surface area (Å²) in [4.78, 5) is 14.9. The molecule has 0 atom stereocenters. The van der Waals surface area contributed by atoms with Crippen LogP contribution in [0.3, 0.4) is 0 Å². The van der Waals surface area contributed by atoms with Crippen molar-refractivity contribution in [3.05, 3.63) is 70.3 Å². The first kappa shape index (κ1) is 20.1. The Labute approximate surface area is 173 Å². The molecule has 1 aliphatic heterocycles. The molecule has 0 radical (unpaired) electrons. The highest BCUT2D eigenvalue weighted by molar-refractivity contribution is 5.78. The first-order valence-corrected chi connectivity index (χ1v) is 11.0. The van der Waals surface area contributed by atoms with Crippen LogP contribution in [-0.2, 0) is 37.1 Å². The minimum Gasteiger partial charge on any atom is -0.393 e. The molecule has 2 aromatic carbocycles. The van der Waals surface area contributed by atoms with Crippen LogP contribution in [0.25, 0.3) is 0 Å². The van der Waals surface area contributed by atoms with E-state index >= 15 is 0 Å². The summed E-state index contributed by atoms with van der Waals surface area (Å²) < 4.78 is 0. The SMILES string of the molecule is O=C(Cc1ccc2c(c1)CCCC2)NCc1ccccc1CN1CCC(O)CC1. The van der Waals surface area contributed by atoms with Gasteiger partial charge in [-0.1, -0.05) is 42.5 Å². The van der Waals surface area contributed by atoms with Crippen LogP contribution in [0.4, 0.5) is 0 Å². The van der Waals surface area contributed by atoms with Gasteiger partial charge in [0.2, 0.25) is 5.91 Å². The van der Waals surface area contributed by atoms with Gasteiger partial charge >= 0.3 is 0 Å². The lowest BCUT2D eigenvalue weighted by Gasteiger charge is -2.30. The van der Waals surface area contributed by atoms with E-state index in [9.17, 15) is 9.90 Å². The zero-order valence-corrected chi connectivity index (χ0v) is 17.2. The summed E-state index contributed by atoms with van der Waals surface area (Å²) in [7, 11) is 0. The zero-order valence-electron chi connectivity index (χ0n) is 17.2. The van der Waals surface area contributed by atoms with E-state index in [2.05, 4.69) is 46.6 Å². The fourth-order valence-electron chi connectivity index (χ4n) is 4.54. The summed E-state index contributed by atoms with van der Waals surface area (Å²) in [6, 6.07) is 14.9. The first-order valence-electron chi connectivity index (χ1n) is 11.0. The molecule has 4 heteroatoms. The minimum absolute atomic E-state index is 0.0802. The molecule has 4 nitrogen and oxygen atoms in total. The summed E-state index contributed by atoms with van der Waals surface area (Å²) >= 11 is 0. The summed E-state index contributed by atoms with van der Waals surface area (Å²) in [6.45, 7) is 3.31. The van der Waals surface area contributed by atoms with Gasteiger partial charge in [-0.3, -0.25) is 9.69 Å². The molecule has 0 spiro atoms. The average molecular weight is 393 g/mol. The number of amides is 1. The number of hydrogen-bond donors (Lipinski definition) is 2. The van der Waals surface area contributed by atoms with Crippen molar-refractivity contribution >= 4 is 5.91 Å². The predicted molar refractivity (Wildman–Crippen MR) is 116 cm³/mol. The van der Waals surface area contributed by atoms with E-state index < -0.39 is 0 Å². The van der Waals surface area contributed by atoms with Crippen molar-refractivity contribution in [2.75, 3.05) is 13.1 Å².